The van der Waals surface area contributed by atoms with Gasteiger partial charge >= 0.3 is 0 Å². The lowest BCUT2D eigenvalue weighted by molar-refractivity contribution is 0.869. The summed E-state index contributed by atoms with van der Waals surface area (Å²) in [5.41, 5.74) is 4.54. The summed E-state index contributed by atoms with van der Waals surface area (Å²) >= 11 is 5.39. The second-order valence-corrected chi connectivity index (χ2v) is 5.60. The van der Waals surface area contributed by atoms with E-state index in [0.29, 0.717) is 11.0 Å². The molecule has 0 atom stereocenters. The van der Waals surface area contributed by atoms with E-state index in [9.17, 15) is 0 Å². The Morgan fingerprint density at radius 3 is 2.45 bits per heavy atom. The molecular formula is C17H20N2S. The third kappa shape index (κ3) is 3.81. The van der Waals surface area contributed by atoms with Gasteiger partial charge in [0.15, 0.2) is 5.11 Å². The van der Waals surface area contributed by atoms with E-state index in [0.717, 1.165) is 11.4 Å². The minimum absolute atomic E-state index is 0.459. The molecule has 0 aliphatic carbocycles. The number of para-hydroxylation sites is 1. The quantitative estimate of drug-likeness (QED) is 0.782. The molecule has 20 heavy (non-hydrogen) atoms. The number of hydrogen-bond acceptors (Lipinski definition) is 1. The first-order chi connectivity index (χ1) is 9.56. The van der Waals surface area contributed by atoms with Crippen LogP contribution < -0.4 is 10.6 Å². The summed E-state index contributed by atoms with van der Waals surface area (Å²) in [5, 5.41) is 7.11. The Morgan fingerprint density at radius 2 is 1.75 bits per heavy atom. The molecule has 0 unspecified atom stereocenters. The van der Waals surface area contributed by atoms with Crippen LogP contribution in [0.4, 0.5) is 11.4 Å². The standard InChI is InChI=1S/C17H20N2S/c1-12(2)15-9-4-5-10-16(15)19-17(20)18-14-8-6-7-13(3)11-14/h4-12H,1-3H3,(H2,18,19,20). The predicted octanol–water partition coefficient (Wildman–Crippen LogP) is 4.93. The first-order valence-electron chi connectivity index (χ1n) is 6.80. The number of thiocarbonyl (C=S) groups is 1. The van der Waals surface area contributed by atoms with Crippen LogP contribution in [-0.4, -0.2) is 5.11 Å². The van der Waals surface area contributed by atoms with E-state index < -0.39 is 0 Å². The smallest absolute Gasteiger partial charge is 0.175 e. The van der Waals surface area contributed by atoms with Gasteiger partial charge in [-0.1, -0.05) is 44.2 Å². The Kier molecular flexibility index (Phi) is 4.74. The molecule has 0 aliphatic heterocycles. The minimum Gasteiger partial charge on any atom is -0.332 e. The Bertz CT molecular complexity index is 605. The van der Waals surface area contributed by atoms with Crippen molar-refractivity contribution in [2.75, 3.05) is 10.6 Å². The Morgan fingerprint density at radius 1 is 1.00 bits per heavy atom. The number of aryl methyl sites for hydroxylation is 1. The van der Waals surface area contributed by atoms with Crippen LogP contribution >= 0.6 is 12.2 Å². The predicted molar refractivity (Wildman–Crippen MR) is 91.6 cm³/mol. The van der Waals surface area contributed by atoms with Gasteiger partial charge in [-0.05, 0) is 54.4 Å². The van der Waals surface area contributed by atoms with Gasteiger partial charge in [-0.3, -0.25) is 0 Å². The van der Waals surface area contributed by atoms with Crippen molar-refractivity contribution in [2.24, 2.45) is 0 Å². The Hall–Kier alpha value is -1.87. The molecular weight excluding hydrogens is 264 g/mol. The Balaban J connectivity index is 2.09. The normalized spacial score (nSPS) is 10.4. The fourth-order valence-electron chi connectivity index (χ4n) is 2.12. The van der Waals surface area contributed by atoms with Crippen LogP contribution in [-0.2, 0) is 0 Å². The zero-order chi connectivity index (χ0) is 14.5. The van der Waals surface area contributed by atoms with Crippen LogP contribution in [0.15, 0.2) is 48.5 Å². The average Bonchev–Trinajstić information content (AvgIpc) is 2.38. The third-order valence-corrected chi connectivity index (χ3v) is 3.31. The summed E-state index contributed by atoms with van der Waals surface area (Å²) in [4.78, 5) is 0. The SMILES string of the molecule is Cc1cccc(NC(=S)Nc2ccccc2C(C)C)c1. The van der Waals surface area contributed by atoms with E-state index in [-0.39, 0.29) is 0 Å². The van der Waals surface area contributed by atoms with Crippen molar-refractivity contribution < 1.29 is 0 Å². The largest absolute Gasteiger partial charge is 0.332 e. The molecule has 0 radical (unpaired) electrons. The maximum Gasteiger partial charge on any atom is 0.175 e. The van der Waals surface area contributed by atoms with Crippen molar-refractivity contribution in [2.45, 2.75) is 26.7 Å². The second kappa shape index (κ2) is 6.53. The van der Waals surface area contributed by atoms with E-state index in [1.54, 1.807) is 0 Å². The number of benzene rings is 2. The zero-order valence-electron chi connectivity index (χ0n) is 12.1. The summed E-state index contributed by atoms with van der Waals surface area (Å²) in [7, 11) is 0. The first kappa shape index (κ1) is 14.5. The number of rotatable bonds is 3. The number of nitrogens with one attached hydrogen (secondary N) is 2. The molecule has 0 bridgehead atoms. The molecule has 3 heteroatoms. The average molecular weight is 284 g/mol. The molecule has 0 amide bonds. The van der Waals surface area contributed by atoms with E-state index >= 15 is 0 Å². The molecule has 0 aromatic heterocycles. The minimum atomic E-state index is 0.459. The van der Waals surface area contributed by atoms with Gasteiger partial charge in [-0.25, -0.2) is 0 Å². The molecule has 0 saturated heterocycles. The fourth-order valence-corrected chi connectivity index (χ4v) is 2.35. The van der Waals surface area contributed by atoms with Gasteiger partial charge in [0.25, 0.3) is 0 Å². The second-order valence-electron chi connectivity index (χ2n) is 5.19. The Labute approximate surface area is 126 Å². The van der Waals surface area contributed by atoms with Crippen LogP contribution in [0.25, 0.3) is 0 Å². The monoisotopic (exact) mass is 284 g/mol. The molecule has 0 fully saturated rings. The van der Waals surface area contributed by atoms with Gasteiger partial charge in [0, 0.05) is 11.4 Å². The van der Waals surface area contributed by atoms with Crippen LogP contribution in [0.1, 0.15) is 30.9 Å². The van der Waals surface area contributed by atoms with E-state index in [2.05, 4.69) is 61.7 Å². The van der Waals surface area contributed by atoms with Gasteiger partial charge in [-0.15, -0.1) is 0 Å². The zero-order valence-corrected chi connectivity index (χ0v) is 12.9. The van der Waals surface area contributed by atoms with Crippen molar-refractivity contribution in [3.8, 4) is 0 Å². The summed E-state index contributed by atoms with van der Waals surface area (Å²) < 4.78 is 0. The van der Waals surface area contributed by atoms with Crippen LogP contribution in [0.5, 0.6) is 0 Å². The summed E-state index contributed by atoms with van der Waals surface area (Å²) in [6.45, 7) is 6.42. The van der Waals surface area contributed by atoms with Crippen LogP contribution in [0.2, 0.25) is 0 Å². The van der Waals surface area contributed by atoms with E-state index in [1.807, 2.05) is 18.2 Å². The number of hydrogen-bond donors (Lipinski definition) is 2. The van der Waals surface area contributed by atoms with Gasteiger partial charge < -0.3 is 10.6 Å². The molecule has 0 aliphatic rings. The molecule has 0 spiro atoms. The third-order valence-electron chi connectivity index (χ3n) is 3.11. The molecule has 2 aromatic rings. The number of anilines is 2. The lowest BCUT2D eigenvalue weighted by atomic mass is 10.0. The maximum absolute atomic E-state index is 5.39. The summed E-state index contributed by atoms with van der Waals surface area (Å²) in [6, 6.07) is 16.4. The fraction of sp³-hybridized carbons (Fsp3) is 0.235. The highest BCUT2D eigenvalue weighted by Gasteiger charge is 2.07. The van der Waals surface area contributed by atoms with Crippen molar-refractivity contribution in [3.63, 3.8) is 0 Å². The van der Waals surface area contributed by atoms with Crippen molar-refractivity contribution in [1.82, 2.24) is 0 Å². The summed E-state index contributed by atoms with van der Waals surface area (Å²) in [6.07, 6.45) is 0. The molecule has 2 N–H and O–H groups in total. The molecule has 2 aromatic carbocycles. The van der Waals surface area contributed by atoms with Crippen LogP contribution in [0.3, 0.4) is 0 Å². The van der Waals surface area contributed by atoms with Gasteiger partial charge in [0.1, 0.15) is 0 Å². The summed E-state index contributed by atoms with van der Waals surface area (Å²) in [5.74, 6) is 0.459. The highest BCUT2D eigenvalue weighted by atomic mass is 32.1. The van der Waals surface area contributed by atoms with Crippen LogP contribution in [0, 0.1) is 6.92 Å². The van der Waals surface area contributed by atoms with Gasteiger partial charge in [0.05, 0.1) is 0 Å². The molecule has 2 rings (SSSR count). The molecule has 0 heterocycles. The van der Waals surface area contributed by atoms with E-state index in [1.165, 1.54) is 11.1 Å². The van der Waals surface area contributed by atoms with Crippen molar-refractivity contribution in [1.29, 1.82) is 0 Å². The maximum atomic E-state index is 5.39. The highest BCUT2D eigenvalue weighted by Crippen LogP contribution is 2.23. The molecule has 0 saturated carbocycles. The van der Waals surface area contributed by atoms with Crippen molar-refractivity contribution in [3.05, 3.63) is 59.7 Å². The molecule has 2 nitrogen and oxygen atoms in total. The topological polar surface area (TPSA) is 24.1 Å². The van der Waals surface area contributed by atoms with Crippen molar-refractivity contribution >= 4 is 28.7 Å². The molecule has 104 valence electrons. The van der Waals surface area contributed by atoms with Gasteiger partial charge in [0.2, 0.25) is 0 Å². The first-order valence-corrected chi connectivity index (χ1v) is 7.20. The van der Waals surface area contributed by atoms with Gasteiger partial charge in [-0.2, -0.15) is 0 Å². The highest BCUT2D eigenvalue weighted by molar-refractivity contribution is 7.80. The lowest BCUT2D eigenvalue weighted by Crippen LogP contribution is -2.20. The van der Waals surface area contributed by atoms with E-state index in [4.69, 9.17) is 12.2 Å². The lowest BCUT2D eigenvalue weighted by Gasteiger charge is -2.16.